The predicted molar refractivity (Wildman–Crippen MR) is 125 cm³/mol. The summed E-state index contributed by atoms with van der Waals surface area (Å²) in [6.45, 7) is 2.15. The maximum atomic E-state index is 12.4. The third kappa shape index (κ3) is 4.83. The Kier molecular flexibility index (Phi) is 6.89. The summed E-state index contributed by atoms with van der Waals surface area (Å²) in [4.78, 5) is 17.1. The normalized spacial score (nSPS) is 10.6. The molecular weight excluding hydrogens is 442 g/mol. The van der Waals surface area contributed by atoms with Gasteiger partial charge in [-0.1, -0.05) is 24.3 Å². The zero-order chi connectivity index (χ0) is 23.2. The number of nitrogens with zero attached hydrogens (tertiary/aromatic N) is 3. The van der Waals surface area contributed by atoms with E-state index in [1.807, 2.05) is 53.9 Å². The number of benzene rings is 2. The van der Waals surface area contributed by atoms with Crippen molar-refractivity contribution in [1.29, 1.82) is 0 Å². The molecule has 0 atom stereocenters. The van der Waals surface area contributed by atoms with Crippen molar-refractivity contribution in [1.82, 2.24) is 14.8 Å². The molecule has 4 aromatic rings. The molecule has 4 rings (SSSR count). The zero-order valence-electron chi connectivity index (χ0n) is 18.5. The summed E-state index contributed by atoms with van der Waals surface area (Å²) in [6.07, 6.45) is 1.67. The van der Waals surface area contributed by atoms with Crippen molar-refractivity contribution in [3.05, 3.63) is 71.5 Å². The molecule has 0 aliphatic carbocycles. The SMILES string of the molecule is CCOC(=O)c1nn(-c2ccccc2)cc1OCc1csc(-c2cccc(OC)c2OC)n1. The van der Waals surface area contributed by atoms with Gasteiger partial charge in [-0.25, -0.2) is 14.5 Å². The zero-order valence-corrected chi connectivity index (χ0v) is 19.3. The molecule has 0 radical (unpaired) electrons. The quantitative estimate of drug-likeness (QED) is 0.329. The lowest BCUT2D eigenvalue weighted by Crippen LogP contribution is -2.08. The molecule has 9 heteroatoms. The molecule has 0 amide bonds. The number of thiazole rings is 1. The average Bonchev–Trinajstić information content (AvgIpc) is 3.50. The van der Waals surface area contributed by atoms with Crippen LogP contribution >= 0.6 is 11.3 Å². The van der Waals surface area contributed by atoms with E-state index in [9.17, 15) is 4.79 Å². The van der Waals surface area contributed by atoms with Crippen molar-refractivity contribution in [3.8, 4) is 33.5 Å². The molecule has 0 bridgehead atoms. The van der Waals surface area contributed by atoms with Gasteiger partial charge < -0.3 is 18.9 Å². The highest BCUT2D eigenvalue weighted by atomic mass is 32.1. The highest BCUT2D eigenvalue weighted by Crippen LogP contribution is 2.39. The lowest BCUT2D eigenvalue weighted by atomic mass is 10.2. The Morgan fingerprint density at radius 2 is 1.85 bits per heavy atom. The number of rotatable bonds is 9. The minimum atomic E-state index is -0.540. The van der Waals surface area contributed by atoms with Crippen molar-refractivity contribution in [2.24, 2.45) is 0 Å². The first-order valence-corrected chi connectivity index (χ1v) is 11.1. The van der Waals surface area contributed by atoms with Gasteiger partial charge in [0.05, 0.1) is 44.0 Å². The van der Waals surface area contributed by atoms with Gasteiger partial charge >= 0.3 is 5.97 Å². The molecule has 2 aromatic carbocycles. The van der Waals surface area contributed by atoms with Crippen LogP contribution in [0.5, 0.6) is 17.2 Å². The summed E-state index contributed by atoms with van der Waals surface area (Å²) in [6, 6.07) is 15.1. The van der Waals surface area contributed by atoms with E-state index in [0.29, 0.717) is 22.9 Å². The van der Waals surface area contributed by atoms with E-state index < -0.39 is 5.97 Å². The molecule has 0 saturated heterocycles. The molecule has 0 N–H and O–H groups in total. The van der Waals surface area contributed by atoms with Crippen LogP contribution in [0.2, 0.25) is 0 Å². The number of ether oxygens (including phenoxy) is 4. The lowest BCUT2D eigenvalue weighted by Gasteiger charge is -2.10. The smallest absolute Gasteiger partial charge is 0.362 e. The van der Waals surface area contributed by atoms with E-state index in [-0.39, 0.29) is 18.9 Å². The van der Waals surface area contributed by atoms with E-state index in [2.05, 4.69) is 10.1 Å². The summed E-state index contributed by atoms with van der Waals surface area (Å²) in [5.74, 6) is 1.04. The molecule has 33 heavy (non-hydrogen) atoms. The van der Waals surface area contributed by atoms with Crippen LogP contribution in [0.4, 0.5) is 0 Å². The number of esters is 1. The molecule has 0 spiro atoms. The van der Waals surface area contributed by atoms with Crippen molar-refractivity contribution < 1.29 is 23.7 Å². The first-order chi connectivity index (χ1) is 16.1. The molecular formula is C24H23N3O5S. The van der Waals surface area contributed by atoms with Crippen molar-refractivity contribution in [2.45, 2.75) is 13.5 Å². The second-order valence-electron chi connectivity index (χ2n) is 6.82. The van der Waals surface area contributed by atoms with Gasteiger partial charge in [-0.2, -0.15) is 5.10 Å². The molecule has 170 valence electrons. The molecule has 8 nitrogen and oxygen atoms in total. The number of hydrogen-bond acceptors (Lipinski definition) is 8. The van der Waals surface area contributed by atoms with Crippen LogP contribution in [0.15, 0.2) is 60.1 Å². The van der Waals surface area contributed by atoms with Crippen LogP contribution in [0, 0.1) is 0 Å². The number of carbonyl (C=O) groups excluding carboxylic acids is 1. The summed E-state index contributed by atoms with van der Waals surface area (Å²) in [7, 11) is 3.19. The fourth-order valence-corrected chi connectivity index (χ4v) is 4.05. The Morgan fingerprint density at radius 1 is 1.03 bits per heavy atom. The molecule has 0 aliphatic rings. The van der Waals surface area contributed by atoms with Crippen LogP contribution in [0.1, 0.15) is 23.1 Å². The number of carbonyl (C=O) groups is 1. The van der Waals surface area contributed by atoms with E-state index in [1.54, 1.807) is 32.0 Å². The topological polar surface area (TPSA) is 84.7 Å². The Bertz CT molecular complexity index is 1240. The molecule has 2 aromatic heterocycles. The minimum absolute atomic E-state index is 0.116. The third-order valence-electron chi connectivity index (χ3n) is 4.73. The largest absolute Gasteiger partial charge is 0.493 e. The van der Waals surface area contributed by atoms with Gasteiger partial charge in [0.15, 0.2) is 17.2 Å². The van der Waals surface area contributed by atoms with Crippen molar-refractivity contribution in [2.75, 3.05) is 20.8 Å². The summed E-state index contributed by atoms with van der Waals surface area (Å²) >= 11 is 1.47. The molecule has 0 fully saturated rings. The number of para-hydroxylation sites is 2. The van der Waals surface area contributed by atoms with Gasteiger partial charge in [0.2, 0.25) is 5.69 Å². The van der Waals surface area contributed by atoms with Crippen LogP contribution < -0.4 is 14.2 Å². The predicted octanol–water partition coefficient (Wildman–Crippen LogP) is 4.77. The first kappa shape index (κ1) is 22.3. The lowest BCUT2D eigenvalue weighted by molar-refractivity contribution is 0.0514. The van der Waals surface area contributed by atoms with E-state index in [4.69, 9.17) is 18.9 Å². The van der Waals surface area contributed by atoms with Crippen LogP contribution in [-0.2, 0) is 11.3 Å². The Labute approximate surface area is 195 Å². The van der Waals surface area contributed by atoms with Crippen LogP contribution in [0.3, 0.4) is 0 Å². The second kappa shape index (κ2) is 10.2. The van der Waals surface area contributed by atoms with Crippen LogP contribution in [0.25, 0.3) is 16.3 Å². The number of methoxy groups -OCH3 is 2. The van der Waals surface area contributed by atoms with Gasteiger partial charge in [0.1, 0.15) is 11.6 Å². The molecule has 0 aliphatic heterocycles. The van der Waals surface area contributed by atoms with Crippen molar-refractivity contribution >= 4 is 17.3 Å². The highest BCUT2D eigenvalue weighted by Gasteiger charge is 2.21. The van der Waals surface area contributed by atoms with E-state index in [0.717, 1.165) is 16.3 Å². The van der Waals surface area contributed by atoms with E-state index in [1.165, 1.54) is 11.3 Å². The third-order valence-corrected chi connectivity index (χ3v) is 5.66. The average molecular weight is 466 g/mol. The fourth-order valence-electron chi connectivity index (χ4n) is 3.22. The first-order valence-electron chi connectivity index (χ1n) is 10.2. The number of aromatic nitrogens is 3. The number of hydrogen-bond donors (Lipinski definition) is 0. The molecule has 0 unspecified atom stereocenters. The van der Waals surface area contributed by atoms with Gasteiger partial charge in [-0.05, 0) is 31.2 Å². The maximum Gasteiger partial charge on any atom is 0.362 e. The summed E-state index contributed by atoms with van der Waals surface area (Å²) in [5, 5.41) is 7.05. The standard InChI is InChI=1S/C24H23N3O5S/c1-4-31-24(28)21-20(13-27(26-21)17-9-6-5-7-10-17)32-14-16-15-33-23(25-16)18-11-8-12-19(29-2)22(18)30-3/h5-13,15H,4,14H2,1-3H3. The Morgan fingerprint density at radius 3 is 2.58 bits per heavy atom. The Hall–Kier alpha value is -3.85. The molecule has 0 saturated carbocycles. The fraction of sp³-hybridized carbons (Fsp3) is 0.208. The van der Waals surface area contributed by atoms with Gasteiger partial charge in [0, 0.05) is 5.38 Å². The summed E-state index contributed by atoms with van der Waals surface area (Å²) < 4.78 is 23.6. The summed E-state index contributed by atoms with van der Waals surface area (Å²) in [5.41, 5.74) is 2.46. The molecule has 2 heterocycles. The van der Waals surface area contributed by atoms with Gasteiger partial charge in [-0.3, -0.25) is 0 Å². The monoisotopic (exact) mass is 465 g/mol. The van der Waals surface area contributed by atoms with E-state index >= 15 is 0 Å². The minimum Gasteiger partial charge on any atom is -0.493 e. The second-order valence-corrected chi connectivity index (χ2v) is 7.67. The van der Waals surface area contributed by atoms with Crippen molar-refractivity contribution in [3.63, 3.8) is 0 Å². The van der Waals surface area contributed by atoms with Gasteiger partial charge in [0.25, 0.3) is 0 Å². The Balaban J connectivity index is 1.57. The maximum absolute atomic E-state index is 12.4. The highest BCUT2D eigenvalue weighted by molar-refractivity contribution is 7.13. The van der Waals surface area contributed by atoms with Crippen LogP contribution in [-0.4, -0.2) is 41.6 Å². The van der Waals surface area contributed by atoms with Gasteiger partial charge in [-0.15, -0.1) is 11.3 Å².